The number of aromatic nitrogens is 1. The minimum atomic E-state index is -0.0672. The van der Waals surface area contributed by atoms with Crippen molar-refractivity contribution in [1.82, 2.24) is 20.1 Å². The van der Waals surface area contributed by atoms with E-state index < -0.39 is 0 Å². The van der Waals surface area contributed by atoms with E-state index in [-0.39, 0.29) is 18.0 Å². The summed E-state index contributed by atoms with van der Waals surface area (Å²) in [6.45, 7) is 6.23. The zero-order chi connectivity index (χ0) is 17.1. The average Bonchev–Trinajstić information content (AvgIpc) is 2.87. The van der Waals surface area contributed by atoms with Crippen LogP contribution in [0.3, 0.4) is 0 Å². The van der Waals surface area contributed by atoms with Crippen LogP contribution in [-0.2, 0) is 0 Å². The van der Waals surface area contributed by atoms with Crippen LogP contribution in [0.25, 0.3) is 11.1 Å². The van der Waals surface area contributed by atoms with Crippen LogP contribution in [0.1, 0.15) is 30.6 Å². The molecule has 1 fully saturated rings. The van der Waals surface area contributed by atoms with Crippen LogP contribution in [0, 0.1) is 0 Å². The van der Waals surface area contributed by atoms with Crippen molar-refractivity contribution >= 4 is 23.0 Å². The van der Waals surface area contributed by atoms with Crippen molar-refractivity contribution in [3.8, 4) is 0 Å². The number of rotatable bonds is 2. The molecule has 1 aliphatic heterocycles. The van der Waals surface area contributed by atoms with Gasteiger partial charge in [0.05, 0.1) is 0 Å². The topological polar surface area (TPSA) is 78.7 Å². The fourth-order valence-electron chi connectivity index (χ4n) is 2.83. The molecule has 0 unspecified atom stereocenters. The molecule has 2 heterocycles. The smallest absolute Gasteiger partial charge is 0.317 e. The molecule has 3 rings (SSSR count). The van der Waals surface area contributed by atoms with Gasteiger partial charge in [-0.1, -0.05) is 0 Å². The van der Waals surface area contributed by atoms with Gasteiger partial charge in [-0.3, -0.25) is 4.79 Å². The predicted molar refractivity (Wildman–Crippen MR) is 89.8 cm³/mol. The van der Waals surface area contributed by atoms with E-state index in [0.29, 0.717) is 37.3 Å². The largest absolute Gasteiger partial charge is 0.443 e. The van der Waals surface area contributed by atoms with Gasteiger partial charge in [-0.2, -0.15) is 0 Å². The molecule has 7 nitrogen and oxygen atoms in total. The molecule has 7 heteroatoms. The lowest BCUT2D eigenvalue weighted by molar-refractivity contribution is 0.0762. The average molecular weight is 330 g/mol. The van der Waals surface area contributed by atoms with Crippen LogP contribution < -0.4 is 5.32 Å². The standard InChI is InChI=1S/C17H22N4O3/c1-12(2)19-17(23)21-7-3-6-20(8-9-21)16(22)13-4-5-14-15(10-13)24-11-18-14/h4-5,10-12H,3,6-9H2,1-2H3,(H,19,23). The molecule has 1 aromatic carbocycles. The lowest BCUT2D eigenvalue weighted by Gasteiger charge is -2.23. The molecule has 0 aliphatic carbocycles. The summed E-state index contributed by atoms with van der Waals surface area (Å²) in [4.78, 5) is 32.5. The molecule has 1 aromatic heterocycles. The predicted octanol–water partition coefficient (Wildman–Crippen LogP) is 2.09. The Hall–Kier alpha value is -2.57. The second kappa shape index (κ2) is 6.90. The Morgan fingerprint density at radius 2 is 1.92 bits per heavy atom. The second-order valence-electron chi connectivity index (χ2n) is 6.27. The van der Waals surface area contributed by atoms with Crippen molar-refractivity contribution in [2.45, 2.75) is 26.3 Å². The summed E-state index contributed by atoms with van der Waals surface area (Å²) in [7, 11) is 0. The summed E-state index contributed by atoms with van der Waals surface area (Å²) in [5.74, 6) is -0.0422. The van der Waals surface area contributed by atoms with E-state index in [9.17, 15) is 9.59 Å². The van der Waals surface area contributed by atoms with E-state index in [1.165, 1.54) is 6.39 Å². The SMILES string of the molecule is CC(C)NC(=O)N1CCCN(C(=O)c2ccc3ncoc3c2)CC1. The number of benzene rings is 1. The Bertz CT molecular complexity index is 740. The zero-order valence-electron chi connectivity index (χ0n) is 14.0. The lowest BCUT2D eigenvalue weighted by Crippen LogP contribution is -2.44. The molecular formula is C17H22N4O3. The monoisotopic (exact) mass is 330 g/mol. The number of oxazole rings is 1. The first-order valence-corrected chi connectivity index (χ1v) is 8.22. The van der Waals surface area contributed by atoms with E-state index in [1.54, 1.807) is 28.0 Å². The van der Waals surface area contributed by atoms with E-state index in [2.05, 4.69) is 10.3 Å². The van der Waals surface area contributed by atoms with Crippen LogP contribution in [0.4, 0.5) is 4.79 Å². The Morgan fingerprint density at radius 1 is 1.17 bits per heavy atom. The Morgan fingerprint density at radius 3 is 2.71 bits per heavy atom. The van der Waals surface area contributed by atoms with Crippen molar-refractivity contribution in [1.29, 1.82) is 0 Å². The minimum absolute atomic E-state index is 0.0422. The molecule has 1 N–H and O–H groups in total. The summed E-state index contributed by atoms with van der Waals surface area (Å²) < 4.78 is 5.26. The Kier molecular flexibility index (Phi) is 4.69. The van der Waals surface area contributed by atoms with Crippen LogP contribution >= 0.6 is 0 Å². The Balaban J connectivity index is 1.66. The summed E-state index contributed by atoms with van der Waals surface area (Å²) >= 11 is 0. The van der Waals surface area contributed by atoms with Gasteiger partial charge in [0.15, 0.2) is 12.0 Å². The van der Waals surface area contributed by atoms with Gasteiger partial charge >= 0.3 is 6.03 Å². The molecule has 0 bridgehead atoms. The summed E-state index contributed by atoms with van der Waals surface area (Å²) in [6.07, 6.45) is 2.14. The second-order valence-corrected chi connectivity index (χ2v) is 6.27. The maximum absolute atomic E-state index is 12.7. The highest BCUT2D eigenvalue weighted by Crippen LogP contribution is 2.16. The quantitative estimate of drug-likeness (QED) is 0.914. The normalized spacial score (nSPS) is 15.6. The minimum Gasteiger partial charge on any atom is -0.443 e. The molecule has 24 heavy (non-hydrogen) atoms. The lowest BCUT2D eigenvalue weighted by atomic mass is 10.1. The van der Waals surface area contributed by atoms with Gasteiger partial charge in [0.2, 0.25) is 0 Å². The van der Waals surface area contributed by atoms with Crippen LogP contribution in [-0.4, -0.2) is 58.9 Å². The summed E-state index contributed by atoms with van der Waals surface area (Å²) in [6, 6.07) is 5.31. The molecular weight excluding hydrogens is 308 g/mol. The summed E-state index contributed by atoms with van der Waals surface area (Å²) in [5.41, 5.74) is 1.92. The number of nitrogens with one attached hydrogen (secondary N) is 1. The van der Waals surface area contributed by atoms with Crippen molar-refractivity contribution in [2.75, 3.05) is 26.2 Å². The highest BCUT2D eigenvalue weighted by Gasteiger charge is 2.23. The number of hydrogen-bond acceptors (Lipinski definition) is 4. The third kappa shape index (κ3) is 3.50. The first-order chi connectivity index (χ1) is 11.5. The molecule has 2 aromatic rings. The van der Waals surface area contributed by atoms with Gasteiger partial charge in [0, 0.05) is 37.8 Å². The molecule has 0 saturated carbocycles. The number of carbonyl (C=O) groups excluding carboxylic acids is 2. The van der Waals surface area contributed by atoms with Crippen molar-refractivity contribution < 1.29 is 14.0 Å². The van der Waals surface area contributed by atoms with Crippen LogP contribution in [0.5, 0.6) is 0 Å². The highest BCUT2D eigenvalue weighted by molar-refractivity contribution is 5.97. The first kappa shape index (κ1) is 16.3. The summed E-state index contributed by atoms with van der Waals surface area (Å²) in [5, 5.41) is 2.90. The fourth-order valence-corrected chi connectivity index (χ4v) is 2.83. The third-order valence-corrected chi connectivity index (χ3v) is 4.06. The molecule has 1 saturated heterocycles. The zero-order valence-corrected chi connectivity index (χ0v) is 14.0. The van der Waals surface area contributed by atoms with Gasteiger partial charge in [0.25, 0.3) is 5.91 Å². The van der Waals surface area contributed by atoms with E-state index >= 15 is 0 Å². The number of hydrogen-bond donors (Lipinski definition) is 1. The van der Waals surface area contributed by atoms with Crippen LogP contribution in [0.2, 0.25) is 0 Å². The number of amides is 3. The maximum atomic E-state index is 12.7. The highest BCUT2D eigenvalue weighted by atomic mass is 16.3. The van der Waals surface area contributed by atoms with Gasteiger partial charge in [-0.25, -0.2) is 9.78 Å². The molecule has 0 spiro atoms. The number of fused-ring (bicyclic) bond motifs is 1. The van der Waals surface area contributed by atoms with Crippen molar-refractivity contribution in [3.05, 3.63) is 30.2 Å². The maximum Gasteiger partial charge on any atom is 0.317 e. The third-order valence-electron chi connectivity index (χ3n) is 4.06. The van der Waals surface area contributed by atoms with Crippen molar-refractivity contribution in [3.63, 3.8) is 0 Å². The fraction of sp³-hybridized carbons (Fsp3) is 0.471. The van der Waals surface area contributed by atoms with Crippen molar-refractivity contribution in [2.24, 2.45) is 0 Å². The number of nitrogens with zero attached hydrogens (tertiary/aromatic N) is 3. The molecule has 0 radical (unpaired) electrons. The molecule has 0 atom stereocenters. The van der Waals surface area contributed by atoms with Gasteiger partial charge in [-0.05, 0) is 38.5 Å². The van der Waals surface area contributed by atoms with Gasteiger partial charge in [0.1, 0.15) is 5.52 Å². The first-order valence-electron chi connectivity index (χ1n) is 8.22. The Labute approximate surface area is 140 Å². The number of carbonyl (C=O) groups is 2. The van der Waals surface area contributed by atoms with E-state index in [1.807, 2.05) is 13.8 Å². The van der Waals surface area contributed by atoms with E-state index in [4.69, 9.17) is 4.42 Å². The number of urea groups is 1. The molecule has 128 valence electrons. The van der Waals surface area contributed by atoms with E-state index in [0.717, 1.165) is 11.9 Å². The van der Waals surface area contributed by atoms with Gasteiger partial charge in [-0.15, -0.1) is 0 Å². The van der Waals surface area contributed by atoms with Crippen LogP contribution in [0.15, 0.2) is 29.0 Å². The molecule has 1 aliphatic rings. The van der Waals surface area contributed by atoms with Gasteiger partial charge < -0.3 is 19.5 Å². The molecule has 3 amide bonds.